The third-order valence-electron chi connectivity index (χ3n) is 1.89. The highest BCUT2D eigenvalue weighted by atomic mass is 79.9. The zero-order chi connectivity index (χ0) is 11.4. The van der Waals surface area contributed by atoms with E-state index in [9.17, 15) is 4.79 Å². The van der Waals surface area contributed by atoms with Crippen LogP contribution in [0.15, 0.2) is 40.2 Å². The molecule has 0 amide bonds. The minimum atomic E-state index is -0.0469. The summed E-state index contributed by atoms with van der Waals surface area (Å²) in [5, 5.41) is 5.60. The molecule has 0 bridgehead atoms. The van der Waals surface area contributed by atoms with E-state index in [4.69, 9.17) is 0 Å². The first kappa shape index (κ1) is 11.2. The van der Waals surface area contributed by atoms with Gasteiger partial charge < -0.3 is 0 Å². The SMILES string of the molecule is O=C(/C=C/c1csnn1)c1cccc(Br)c1. The summed E-state index contributed by atoms with van der Waals surface area (Å²) in [5.74, 6) is -0.0469. The second-order valence-corrected chi connectivity index (χ2v) is 4.56. The first-order valence-corrected chi connectivity index (χ1v) is 6.14. The second kappa shape index (κ2) is 5.14. The van der Waals surface area contributed by atoms with Crippen molar-refractivity contribution in [3.63, 3.8) is 0 Å². The van der Waals surface area contributed by atoms with Gasteiger partial charge >= 0.3 is 0 Å². The van der Waals surface area contributed by atoms with E-state index in [1.54, 1.807) is 23.6 Å². The van der Waals surface area contributed by atoms with Gasteiger partial charge in [-0.15, -0.1) is 5.10 Å². The molecule has 1 aromatic carbocycles. The molecule has 16 heavy (non-hydrogen) atoms. The molecule has 0 N–H and O–H groups in total. The summed E-state index contributed by atoms with van der Waals surface area (Å²) >= 11 is 4.58. The zero-order valence-electron chi connectivity index (χ0n) is 8.13. The fourth-order valence-corrected chi connectivity index (χ4v) is 1.97. The monoisotopic (exact) mass is 294 g/mol. The standard InChI is InChI=1S/C11H7BrN2OS/c12-9-3-1-2-8(6-9)11(15)5-4-10-7-16-14-13-10/h1-7H/b5-4+. The van der Waals surface area contributed by atoms with Gasteiger partial charge in [-0.1, -0.05) is 32.6 Å². The maximum absolute atomic E-state index is 11.7. The van der Waals surface area contributed by atoms with E-state index in [-0.39, 0.29) is 5.78 Å². The lowest BCUT2D eigenvalue weighted by atomic mass is 10.1. The highest BCUT2D eigenvalue weighted by Gasteiger charge is 2.01. The molecule has 0 atom stereocenters. The molecule has 80 valence electrons. The molecule has 1 heterocycles. The average molecular weight is 295 g/mol. The van der Waals surface area contributed by atoms with Crippen molar-refractivity contribution in [2.45, 2.75) is 0 Å². The number of carbonyl (C=O) groups excluding carboxylic acids is 1. The lowest BCUT2D eigenvalue weighted by Gasteiger charge is -1.95. The largest absolute Gasteiger partial charge is 0.289 e. The summed E-state index contributed by atoms with van der Waals surface area (Å²) in [6, 6.07) is 7.27. The van der Waals surface area contributed by atoms with Crippen LogP contribution < -0.4 is 0 Å². The Morgan fingerprint density at radius 1 is 1.44 bits per heavy atom. The summed E-state index contributed by atoms with van der Waals surface area (Å²) in [6.45, 7) is 0. The van der Waals surface area contributed by atoms with E-state index in [2.05, 4.69) is 25.5 Å². The van der Waals surface area contributed by atoms with E-state index in [1.807, 2.05) is 12.1 Å². The van der Waals surface area contributed by atoms with Crippen molar-refractivity contribution in [2.24, 2.45) is 0 Å². The lowest BCUT2D eigenvalue weighted by Crippen LogP contribution is -1.93. The summed E-state index contributed by atoms with van der Waals surface area (Å²) in [4.78, 5) is 11.7. The summed E-state index contributed by atoms with van der Waals surface area (Å²) in [7, 11) is 0. The smallest absolute Gasteiger partial charge is 0.185 e. The maximum atomic E-state index is 11.7. The summed E-state index contributed by atoms with van der Waals surface area (Å²) in [6.07, 6.45) is 3.16. The number of nitrogens with zero attached hydrogens (tertiary/aromatic N) is 2. The Hall–Kier alpha value is -1.33. The van der Waals surface area contributed by atoms with E-state index >= 15 is 0 Å². The highest BCUT2D eigenvalue weighted by Crippen LogP contribution is 2.13. The van der Waals surface area contributed by atoms with Crippen LogP contribution in [0.4, 0.5) is 0 Å². The van der Waals surface area contributed by atoms with Gasteiger partial charge in [0.25, 0.3) is 0 Å². The van der Waals surface area contributed by atoms with Crippen molar-refractivity contribution in [2.75, 3.05) is 0 Å². The first-order valence-electron chi connectivity index (χ1n) is 4.51. The van der Waals surface area contributed by atoms with Gasteiger partial charge in [0, 0.05) is 15.4 Å². The Balaban J connectivity index is 2.15. The normalized spacial score (nSPS) is 10.8. The molecule has 0 aliphatic rings. The molecular formula is C11H7BrN2OS. The number of carbonyl (C=O) groups is 1. The zero-order valence-corrected chi connectivity index (χ0v) is 10.5. The Morgan fingerprint density at radius 3 is 3.00 bits per heavy atom. The molecule has 0 radical (unpaired) electrons. The van der Waals surface area contributed by atoms with Crippen LogP contribution >= 0.6 is 27.5 Å². The fraction of sp³-hybridized carbons (Fsp3) is 0. The molecule has 0 saturated heterocycles. The van der Waals surface area contributed by atoms with Gasteiger partial charge in [-0.2, -0.15) is 0 Å². The molecular weight excluding hydrogens is 288 g/mol. The predicted octanol–water partition coefficient (Wildman–Crippen LogP) is 3.20. The number of hydrogen-bond donors (Lipinski definition) is 0. The van der Waals surface area contributed by atoms with E-state index in [0.717, 1.165) is 4.47 Å². The highest BCUT2D eigenvalue weighted by molar-refractivity contribution is 9.10. The van der Waals surface area contributed by atoms with Crippen LogP contribution in [-0.4, -0.2) is 15.4 Å². The van der Waals surface area contributed by atoms with Crippen LogP contribution in [-0.2, 0) is 0 Å². The third kappa shape index (κ3) is 2.84. The van der Waals surface area contributed by atoms with Gasteiger partial charge in [-0.25, -0.2) is 0 Å². The van der Waals surface area contributed by atoms with Crippen LogP contribution in [0.25, 0.3) is 6.08 Å². The van der Waals surface area contributed by atoms with Gasteiger partial charge in [-0.3, -0.25) is 4.79 Å². The molecule has 1 aromatic heterocycles. The van der Waals surface area contributed by atoms with Crippen molar-refractivity contribution >= 4 is 39.3 Å². The lowest BCUT2D eigenvalue weighted by molar-refractivity contribution is 0.104. The van der Waals surface area contributed by atoms with Crippen LogP contribution in [0, 0.1) is 0 Å². The quantitative estimate of drug-likeness (QED) is 0.645. The maximum Gasteiger partial charge on any atom is 0.185 e. The Bertz CT molecular complexity index is 523. The van der Waals surface area contributed by atoms with Crippen molar-refractivity contribution in [3.8, 4) is 0 Å². The molecule has 0 saturated carbocycles. The van der Waals surface area contributed by atoms with Gasteiger partial charge in [0.15, 0.2) is 5.78 Å². The number of ketones is 1. The first-order chi connectivity index (χ1) is 7.75. The number of benzene rings is 1. The van der Waals surface area contributed by atoms with Crippen molar-refractivity contribution in [3.05, 3.63) is 51.5 Å². The molecule has 0 unspecified atom stereocenters. The Morgan fingerprint density at radius 2 is 2.31 bits per heavy atom. The van der Waals surface area contributed by atoms with Crippen LogP contribution in [0.1, 0.15) is 16.1 Å². The molecule has 2 rings (SSSR count). The second-order valence-electron chi connectivity index (χ2n) is 3.04. The van der Waals surface area contributed by atoms with Crippen molar-refractivity contribution in [1.82, 2.24) is 9.59 Å². The minimum Gasteiger partial charge on any atom is -0.289 e. The Labute approximate surface area is 105 Å². The summed E-state index contributed by atoms with van der Waals surface area (Å²) < 4.78 is 4.60. The predicted molar refractivity (Wildman–Crippen MR) is 67.4 cm³/mol. The summed E-state index contributed by atoms with van der Waals surface area (Å²) in [5.41, 5.74) is 1.35. The fourth-order valence-electron chi connectivity index (χ4n) is 1.14. The molecule has 5 heteroatoms. The van der Waals surface area contributed by atoms with Crippen molar-refractivity contribution in [1.29, 1.82) is 0 Å². The number of hydrogen-bond acceptors (Lipinski definition) is 4. The van der Waals surface area contributed by atoms with E-state index in [1.165, 1.54) is 17.6 Å². The van der Waals surface area contributed by atoms with Crippen molar-refractivity contribution < 1.29 is 4.79 Å². The number of rotatable bonds is 3. The van der Waals surface area contributed by atoms with E-state index in [0.29, 0.717) is 11.3 Å². The number of aromatic nitrogens is 2. The topological polar surface area (TPSA) is 42.9 Å². The molecule has 0 spiro atoms. The Kier molecular flexibility index (Phi) is 3.58. The minimum absolute atomic E-state index is 0.0469. The van der Waals surface area contributed by atoms with E-state index < -0.39 is 0 Å². The van der Waals surface area contributed by atoms with Crippen LogP contribution in [0.5, 0.6) is 0 Å². The molecule has 0 fully saturated rings. The van der Waals surface area contributed by atoms with Gasteiger partial charge in [0.05, 0.1) is 5.69 Å². The van der Waals surface area contributed by atoms with Gasteiger partial charge in [0.2, 0.25) is 0 Å². The molecule has 0 aliphatic carbocycles. The third-order valence-corrected chi connectivity index (χ3v) is 2.91. The van der Waals surface area contributed by atoms with Crippen LogP contribution in [0.2, 0.25) is 0 Å². The molecule has 0 aliphatic heterocycles. The van der Waals surface area contributed by atoms with Crippen LogP contribution in [0.3, 0.4) is 0 Å². The van der Waals surface area contributed by atoms with Gasteiger partial charge in [0.1, 0.15) is 0 Å². The molecule has 2 aromatic rings. The number of allylic oxidation sites excluding steroid dienone is 1. The van der Waals surface area contributed by atoms with Gasteiger partial charge in [-0.05, 0) is 35.8 Å². The molecule has 3 nitrogen and oxygen atoms in total. The number of halogens is 1. The average Bonchev–Trinajstić information content (AvgIpc) is 2.78.